The van der Waals surface area contributed by atoms with E-state index in [-0.39, 0.29) is 17.9 Å². The number of aryl methyl sites for hydroxylation is 1. The van der Waals surface area contributed by atoms with Crippen LogP contribution < -0.4 is 15.2 Å². The van der Waals surface area contributed by atoms with Crippen molar-refractivity contribution in [2.75, 3.05) is 5.32 Å². The third-order valence-electron chi connectivity index (χ3n) is 3.77. The Kier molecular flexibility index (Phi) is 5.47. The van der Waals surface area contributed by atoms with E-state index in [1.165, 1.54) is 30.3 Å². The molecule has 0 saturated heterocycles. The van der Waals surface area contributed by atoms with Crippen LogP contribution >= 0.6 is 11.6 Å². The molecule has 0 radical (unpaired) electrons. The molecule has 0 aliphatic carbocycles. The molecule has 0 bridgehead atoms. The fourth-order valence-corrected chi connectivity index (χ4v) is 2.44. The molecule has 0 saturated carbocycles. The molecule has 6 nitrogen and oxygen atoms in total. The smallest absolute Gasteiger partial charge is 0.291 e. The SMILES string of the molecule is Cc1cc(OCc2ccc(C(=O)Nc3ccc(C(=O)[O-])cc3)o2)ccc1Cl. The zero-order valence-corrected chi connectivity index (χ0v) is 15.1. The van der Waals surface area contributed by atoms with Crippen LogP contribution in [0.2, 0.25) is 5.02 Å². The van der Waals surface area contributed by atoms with Crippen LogP contribution in [0.3, 0.4) is 0 Å². The zero-order valence-electron chi connectivity index (χ0n) is 14.3. The lowest BCUT2D eigenvalue weighted by Gasteiger charge is -2.07. The molecule has 3 rings (SSSR count). The lowest BCUT2D eigenvalue weighted by Crippen LogP contribution is -2.22. The molecule has 0 unspecified atom stereocenters. The molecule has 0 atom stereocenters. The van der Waals surface area contributed by atoms with Crippen LogP contribution in [0.4, 0.5) is 5.69 Å². The van der Waals surface area contributed by atoms with Gasteiger partial charge in [-0.15, -0.1) is 0 Å². The van der Waals surface area contributed by atoms with Gasteiger partial charge in [-0.3, -0.25) is 4.79 Å². The molecule has 1 aromatic heterocycles. The van der Waals surface area contributed by atoms with Crippen LogP contribution in [0, 0.1) is 6.92 Å². The summed E-state index contributed by atoms with van der Waals surface area (Å²) in [5, 5.41) is 14.0. The normalized spacial score (nSPS) is 10.4. The van der Waals surface area contributed by atoms with Crippen molar-refractivity contribution >= 4 is 29.2 Å². The Labute approximate surface area is 160 Å². The minimum atomic E-state index is -1.28. The first-order chi connectivity index (χ1) is 12.9. The van der Waals surface area contributed by atoms with E-state index in [0.717, 1.165) is 5.56 Å². The van der Waals surface area contributed by atoms with E-state index in [1.807, 2.05) is 13.0 Å². The van der Waals surface area contributed by atoms with Gasteiger partial charge >= 0.3 is 0 Å². The van der Waals surface area contributed by atoms with Crippen molar-refractivity contribution in [3.8, 4) is 5.75 Å². The average Bonchev–Trinajstić information content (AvgIpc) is 3.12. The van der Waals surface area contributed by atoms with Crippen molar-refractivity contribution in [3.63, 3.8) is 0 Å². The Balaban J connectivity index is 1.59. The zero-order chi connectivity index (χ0) is 19.4. The van der Waals surface area contributed by atoms with Crippen LogP contribution in [-0.2, 0) is 6.61 Å². The van der Waals surface area contributed by atoms with Gasteiger partial charge in [0.25, 0.3) is 5.91 Å². The Morgan fingerprint density at radius 3 is 2.52 bits per heavy atom. The molecule has 0 aliphatic rings. The second-order valence-electron chi connectivity index (χ2n) is 5.78. The number of amides is 1. The number of carbonyl (C=O) groups excluding carboxylic acids is 2. The third kappa shape index (κ3) is 4.68. The minimum Gasteiger partial charge on any atom is -0.545 e. The van der Waals surface area contributed by atoms with E-state index in [2.05, 4.69) is 5.32 Å². The minimum absolute atomic E-state index is 0.0304. The molecule has 3 aromatic rings. The third-order valence-corrected chi connectivity index (χ3v) is 4.20. The fourth-order valence-electron chi connectivity index (χ4n) is 2.32. The number of nitrogens with one attached hydrogen (secondary N) is 1. The molecule has 0 aliphatic heterocycles. The summed E-state index contributed by atoms with van der Waals surface area (Å²) < 4.78 is 11.1. The second kappa shape index (κ2) is 7.97. The predicted molar refractivity (Wildman–Crippen MR) is 98.0 cm³/mol. The summed E-state index contributed by atoms with van der Waals surface area (Å²) in [6, 6.07) is 14.1. The monoisotopic (exact) mass is 384 g/mol. The molecule has 1 amide bonds. The summed E-state index contributed by atoms with van der Waals surface area (Å²) in [5.74, 6) is -0.485. The van der Waals surface area contributed by atoms with Gasteiger partial charge in [0, 0.05) is 10.7 Å². The van der Waals surface area contributed by atoms with Crippen molar-refractivity contribution in [1.29, 1.82) is 0 Å². The standard InChI is InChI=1S/C20H16ClNO5/c1-12-10-15(6-8-17(12)21)26-11-16-7-9-18(27-16)19(23)22-14-4-2-13(3-5-14)20(24)25/h2-10H,11H2,1H3,(H,22,23)(H,24,25)/p-1. The van der Waals surface area contributed by atoms with Gasteiger partial charge in [-0.05, 0) is 60.5 Å². The Morgan fingerprint density at radius 1 is 1.11 bits per heavy atom. The van der Waals surface area contributed by atoms with E-state index in [4.69, 9.17) is 20.8 Å². The van der Waals surface area contributed by atoms with Crippen molar-refractivity contribution in [1.82, 2.24) is 0 Å². The van der Waals surface area contributed by atoms with Crippen molar-refractivity contribution in [2.24, 2.45) is 0 Å². The highest BCUT2D eigenvalue weighted by Crippen LogP contribution is 2.22. The first kappa shape index (κ1) is 18.5. The van der Waals surface area contributed by atoms with Crippen molar-refractivity contribution in [3.05, 3.63) is 82.3 Å². The van der Waals surface area contributed by atoms with Gasteiger partial charge in [-0.25, -0.2) is 0 Å². The highest BCUT2D eigenvalue weighted by Gasteiger charge is 2.12. The van der Waals surface area contributed by atoms with E-state index in [0.29, 0.717) is 22.2 Å². The highest BCUT2D eigenvalue weighted by atomic mass is 35.5. The lowest BCUT2D eigenvalue weighted by atomic mass is 10.2. The Hall–Kier alpha value is -3.25. The Morgan fingerprint density at radius 2 is 1.85 bits per heavy atom. The highest BCUT2D eigenvalue weighted by molar-refractivity contribution is 6.31. The molecular weight excluding hydrogens is 370 g/mol. The topological polar surface area (TPSA) is 91.6 Å². The molecule has 27 heavy (non-hydrogen) atoms. The van der Waals surface area contributed by atoms with Crippen LogP contribution in [0.5, 0.6) is 5.75 Å². The number of halogens is 1. The lowest BCUT2D eigenvalue weighted by molar-refractivity contribution is -0.255. The van der Waals surface area contributed by atoms with E-state index in [9.17, 15) is 14.7 Å². The second-order valence-corrected chi connectivity index (χ2v) is 6.19. The number of furan rings is 1. The van der Waals surface area contributed by atoms with Crippen LogP contribution in [0.15, 0.2) is 59.0 Å². The van der Waals surface area contributed by atoms with Crippen LogP contribution in [0.1, 0.15) is 32.2 Å². The van der Waals surface area contributed by atoms with Gasteiger partial charge in [-0.1, -0.05) is 23.7 Å². The first-order valence-electron chi connectivity index (χ1n) is 8.03. The van der Waals surface area contributed by atoms with Gasteiger partial charge < -0.3 is 24.4 Å². The van der Waals surface area contributed by atoms with Crippen LogP contribution in [0.25, 0.3) is 0 Å². The summed E-state index contributed by atoms with van der Waals surface area (Å²) in [6.45, 7) is 2.04. The van der Waals surface area contributed by atoms with Crippen molar-refractivity contribution in [2.45, 2.75) is 13.5 Å². The van der Waals surface area contributed by atoms with Crippen LogP contribution in [-0.4, -0.2) is 11.9 Å². The maximum absolute atomic E-state index is 12.2. The predicted octanol–water partition coefficient (Wildman–Crippen LogP) is 3.44. The molecular formula is C20H15ClNO5-. The first-order valence-corrected chi connectivity index (χ1v) is 8.40. The quantitative estimate of drug-likeness (QED) is 0.702. The summed E-state index contributed by atoms with van der Waals surface area (Å²) in [4.78, 5) is 22.9. The molecule has 0 fully saturated rings. The summed E-state index contributed by atoms with van der Waals surface area (Å²) >= 11 is 5.98. The number of hydrogen-bond acceptors (Lipinski definition) is 5. The van der Waals surface area contributed by atoms with Gasteiger partial charge in [0.2, 0.25) is 0 Å². The number of aromatic carboxylic acids is 1. The number of carboxylic acid groups (broad SMARTS) is 1. The fraction of sp³-hybridized carbons (Fsp3) is 0.100. The number of carbonyl (C=O) groups is 2. The summed E-state index contributed by atoms with van der Waals surface area (Å²) in [7, 11) is 0. The largest absolute Gasteiger partial charge is 0.545 e. The summed E-state index contributed by atoms with van der Waals surface area (Å²) in [6.07, 6.45) is 0. The molecule has 1 heterocycles. The van der Waals surface area contributed by atoms with E-state index >= 15 is 0 Å². The number of anilines is 1. The number of hydrogen-bond donors (Lipinski definition) is 1. The molecule has 2 aromatic carbocycles. The number of ether oxygens (including phenoxy) is 1. The van der Waals surface area contributed by atoms with Gasteiger partial charge in [-0.2, -0.15) is 0 Å². The van der Waals surface area contributed by atoms with Gasteiger partial charge in [0.05, 0.1) is 5.97 Å². The number of benzene rings is 2. The van der Waals surface area contributed by atoms with E-state index < -0.39 is 11.9 Å². The maximum atomic E-state index is 12.2. The molecule has 138 valence electrons. The Bertz CT molecular complexity index is 978. The summed E-state index contributed by atoms with van der Waals surface area (Å²) in [5.41, 5.74) is 1.37. The molecule has 0 spiro atoms. The molecule has 1 N–H and O–H groups in total. The van der Waals surface area contributed by atoms with Gasteiger partial charge in [0.15, 0.2) is 5.76 Å². The maximum Gasteiger partial charge on any atom is 0.291 e. The number of carboxylic acids is 1. The van der Waals surface area contributed by atoms with Gasteiger partial charge in [0.1, 0.15) is 18.1 Å². The number of rotatable bonds is 6. The average molecular weight is 385 g/mol. The van der Waals surface area contributed by atoms with Crippen molar-refractivity contribution < 1.29 is 23.8 Å². The van der Waals surface area contributed by atoms with E-state index in [1.54, 1.807) is 18.2 Å². The molecule has 7 heteroatoms.